The summed E-state index contributed by atoms with van der Waals surface area (Å²) in [5.41, 5.74) is 6.03. The second kappa shape index (κ2) is 7.51. The number of nitrogens with zero attached hydrogens (tertiary/aromatic N) is 2. The number of carbonyl (C=O) groups is 1. The Morgan fingerprint density at radius 1 is 1.16 bits per heavy atom. The molecule has 4 heteroatoms. The maximum atomic E-state index is 12.5. The fourth-order valence-corrected chi connectivity index (χ4v) is 3.07. The molecule has 0 fully saturated rings. The summed E-state index contributed by atoms with van der Waals surface area (Å²) in [6, 6.07) is 12.2. The van der Waals surface area contributed by atoms with Crippen molar-refractivity contribution in [2.75, 3.05) is 5.32 Å². The van der Waals surface area contributed by atoms with Crippen molar-refractivity contribution < 1.29 is 4.79 Å². The summed E-state index contributed by atoms with van der Waals surface area (Å²) >= 11 is 0. The molecule has 0 aliphatic rings. The molecule has 0 aliphatic carbocycles. The summed E-state index contributed by atoms with van der Waals surface area (Å²) in [6.07, 6.45) is 5.75. The molecule has 0 bridgehead atoms. The molecule has 0 atom stereocenters. The molecule has 4 nitrogen and oxygen atoms in total. The summed E-state index contributed by atoms with van der Waals surface area (Å²) < 4.78 is 2.01. The first-order valence-corrected chi connectivity index (χ1v) is 8.90. The highest BCUT2D eigenvalue weighted by molar-refractivity contribution is 5.92. The fraction of sp³-hybridized carbons (Fsp3) is 0.333. The van der Waals surface area contributed by atoms with Crippen molar-refractivity contribution >= 4 is 17.2 Å². The molecular weight excluding hydrogens is 310 g/mol. The topological polar surface area (TPSA) is 46.4 Å². The van der Waals surface area contributed by atoms with E-state index < -0.39 is 0 Å². The number of amides is 1. The second-order valence-electron chi connectivity index (χ2n) is 6.55. The van der Waals surface area contributed by atoms with Gasteiger partial charge in [0.15, 0.2) is 0 Å². The smallest absolute Gasteiger partial charge is 0.230 e. The van der Waals surface area contributed by atoms with Gasteiger partial charge in [-0.25, -0.2) is 4.98 Å². The molecule has 0 unspecified atom stereocenters. The van der Waals surface area contributed by atoms with Crippen molar-refractivity contribution in [1.82, 2.24) is 9.38 Å². The molecular formula is C21H25N3O. The van der Waals surface area contributed by atoms with Gasteiger partial charge in [-0.05, 0) is 56.0 Å². The predicted octanol–water partition coefficient (Wildman–Crippen LogP) is 4.47. The minimum atomic E-state index is -0.0206. The normalized spacial score (nSPS) is 11.0. The van der Waals surface area contributed by atoms with Crippen LogP contribution in [-0.2, 0) is 17.6 Å². The Labute approximate surface area is 148 Å². The number of imidazole rings is 1. The van der Waals surface area contributed by atoms with Gasteiger partial charge in [0.1, 0.15) is 5.65 Å². The first-order chi connectivity index (χ1) is 12.1. The predicted molar refractivity (Wildman–Crippen MR) is 102 cm³/mol. The van der Waals surface area contributed by atoms with Gasteiger partial charge in [-0.3, -0.25) is 4.79 Å². The quantitative estimate of drug-likeness (QED) is 0.722. The Morgan fingerprint density at radius 2 is 1.92 bits per heavy atom. The number of unbranched alkanes of at least 4 members (excludes halogenated alkanes) is 1. The number of aryl methyl sites for hydroxylation is 3. The number of hydrogen-bond donors (Lipinski definition) is 1. The van der Waals surface area contributed by atoms with Crippen LogP contribution in [0.1, 0.15) is 42.3 Å². The van der Waals surface area contributed by atoms with E-state index in [9.17, 15) is 4.79 Å². The van der Waals surface area contributed by atoms with Gasteiger partial charge in [0.05, 0.1) is 17.8 Å². The van der Waals surface area contributed by atoms with E-state index in [2.05, 4.69) is 29.4 Å². The lowest BCUT2D eigenvalue weighted by atomic mass is 10.1. The number of anilines is 1. The zero-order chi connectivity index (χ0) is 17.8. The fourth-order valence-electron chi connectivity index (χ4n) is 3.07. The molecule has 130 valence electrons. The third kappa shape index (κ3) is 3.90. The minimum absolute atomic E-state index is 0.0206. The summed E-state index contributed by atoms with van der Waals surface area (Å²) in [5.74, 6) is -0.0206. The van der Waals surface area contributed by atoms with Gasteiger partial charge in [0.25, 0.3) is 0 Å². The number of pyridine rings is 1. The molecule has 0 saturated carbocycles. The molecule has 25 heavy (non-hydrogen) atoms. The van der Waals surface area contributed by atoms with Crippen LogP contribution >= 0.6 is 0 Å². The van der Waals surface area contributed by atoms with Crippen LogP contribution in [0.15, 0.2) is 42.6 Å². The van der Waals surface area contributed by atoms with E-state index in [1.54, 1.807) is 0 Å². The highest BCUT2D eigenvalue weighted by Gasteiger charge is 2.14. The number of hydrogen-bond acceptors (Lipinski definition) is 2. The number of benzene rings is 1. The van der Waals surface area contributed by atoms with Crippen molar-refractivity contribution in [2.24, 2.45) is 0 Å². The Kier molecular flexibility index (Phi) is 5.17. The molecule has 2 aromatic heterocycles. The maximum Gasteiger partial charge on any atom is 0.230 e. The van der Waals surface area contributed by atoms with Crippen LogP contribution in [0.2, 0.25) is 0 Å². The van der Waals surface area contributed by atoms with E-state index in [4.69, 9.17) is 0 Å². The maximum absolute atomic E-state index is 12.5. The molecule has 2 heterocycles. The number of fused-ring (bicyclic) bond motifs is 1. The molecule has 0 spiro atoms. The van der Waals surface area contributed by atoms with Crippen molar-refractivity contribution in [1.29, 1.82) is 0 Å². The standard InChI is InChI=1S/C21H25N3O/c1-4-5-8-17-9-11-18(12-10-17)23-20(25)14-19-16(3)22-21-15(2)7-6-13-24(19)21/h6-7,9-13H,4-5,8,14H2,1-3H3,(H,23,25). The van der Waals surface area contributed by atoms with Gasteiger partial charge in [-0.2, -0.15) is 0 Å². The van der Waals surface area contributed by atoms with Crippen LogP contribution in [0, 0.1) is 13.8 Å². The van der Waals surface area contributed by atoms with Gasteiger partial charge in [-0.15, -0.1) is 0 Å². The number of rotatable bonds is 6. The first kappa shape index (κ1) is 17.2. The average molecular weight is 335 g/mol. The molecule has 1 N–H and O–H groups in total. The summed E-state index contributed by atoms with van der Waals surface area (Å²) in [5, 5.41) is 2.99. The number of carbonyl (C=O) groups excluding carboxylic acids is 1. The van der Waals surface area contributed by atoms with Gasteiger partial charge < -0.3 is 9.72 Å². The minimum Gasteiger partial charge on any atom is -0.326 e. The van der Waals surface area contributed by atoms with Crippen LogP contribution in [0.4, 0.5) is 5.69 Å². The van der Waals surface area contributed by atoms with Crippen molar-refractivity contribution in [3.63, 3.8) is 0 Å². The molecule has 3 aromatic rings. The van der Waals surface area contributed by atoms with E-state index >= 15 is 0 Å². The van der Waals surface area contributed by atoms with Crippen molar-refractivity contribution in [3.05, 3.63) is 65.1 Å². The molecule has 3 rings (SSSR count). The van der Waals surface area contributed by atoms with Gasteiger partial charge in [0, 0.05) is 11.9 Å². The monoisotopic (exact) mass is 335 g/mol. The Morgan fingerprint density at radius 3 is 2.64 bits per heavy atom. The van der Waals surface area contributed by atoms with Crippen LogP contribution < -0.4 is 5.32 Å². The summed E-state index contributed by atoms with van der Waals surface area (Å²) in [7, 11) is 0. The van der Waals surface area contributed by atoms with Crippen LogP contribution in [0.3, 0.4) is 0 Å². The lowest BCUT2D eigenvalue weighted by Gasteiger charge is -2.08. The Hall–Kier alpha value is -2.62. The zero-order valence-corrected chi connectivity index (χ0v) is 15.2. The number of aromatic nitrogens is 2. The summed E-state index contributed by atoms with van der Waals surface area (Å²) in [6.45, 7) is 6.18. The van der Waals surface area contributed by atoms with E-state index in [0.717, 1.165) is 34.7 Å². The molecule has 0 radical (unpaired) electrons. The second-order valence-corrected chi connectivity index (χ2v) is 6.55. The van der Waals surface area contributed by atoms with Crippen LogP contribution in [0.25, 0.3) is 5.65 Å². The third-order valence-corrected chi connectivity index (χ3v) is 4.53. The Bertz CT molecular complexity index is 878. The third-order valence-electron chi connectivity index (χ3n) is 4.53. The SMILES string of the molecule is CCCCc1ccc(NC(=O)Cc2c(C)nc3c(C)cccn23)cc1. The lowest BCUT2D eigenvalue weighted by molar-refractivity contribution is -0.115. The van der Waals surface area contributed by atoms with Crippen molar-refractivity contribution in [3.8, 4) is 0 Å². The number of nitrogens with one attached hydrogen (secondary N) is 1. The summed E-state index contributed by atoms with van der Waals surface area (Å²) in [4.78, 5) is 17.1. The van der Waals surface area contributed by atoms with Gasteiger partial charge >= 0.3 is 0 Å². The molecule has 1 aromatic carbocycles. The molecule has 1 amide bonds. The zero-order valence-electron chi connectivity index (χ0n) is 15.2. The largest absolute Gasteiger partial charge is 0.326 e. The first-order valence-electron chi connectivity index (χ1n) is 8.90. The van der Waals surface area contributed by atoms with E-state index in [1.165, 1.54) is 18.4 Å². The van der Waals surface area contributed by atoms with Crippen LogP contribution in [-0.4, -0.2) is 15.3 Å². The highest BCUT2D eigenvalue weighted by Crippen LogP contribution is 2.17. The Balaban J connectivity index is 1.71. The molecule has 0 aliphatic heterocycles. The van der Waals surface area contributed by atoms with Crippen molar-refractivity contribution in [2.45, 2.75) is 46.5 Å². The highest BCUT2D eigenvalue weighted by atomic mass is 16.1. The molecule has 0 saturated heterocycles. The average Bonchev–Trinajstić information content (AvgIpc) is 2.92. The van der Waals surface area contributed by atoms with E-state index in [0.29, 0.717) is 6.42 Å². The van der Waals surface area contributed by atoms with Gasteiger partial charge in [0.2, 0.25) is 5.91 Å². The van der Waals surface area contributed by atoms with E-state index in [1.807, 2.05) is 48.7 Å². The lowest BCUT2D eigenvalue weighted by Crippen LogP contribution is -2.16. The van der Waals surface area contributed by atoms with E-state index in [-0.39, 0.29) is 5.91 Å². The van der Waals surface area contributed by atoms with Gasteiger partial charge in [-0.1, -0.05) is 31.5 Å². The van der Waals surface area contributed by atoms with Crippen LogP contribution in [0.5, 0.6) is 0 Å².